The number of para-hydroxylation sites is 1. The highest BCUT2D eigenvalue weighted by Crippen LogP contribution is 2.30. The van der Waals surface area contributed by atoms with Gasteiger partial charge in [0.25, 0.3) is 0 Å². The van der Waals surface area contributed by atoms with E-state index < -0.39 is 0 Å². The molecule has 1 N–H and O–H groups in total. The highest BCUT2D eigenvalue weighted by molar-refractivity contribution is 6.32. The Morgan fingerprint density at radius 2 is 2.09 bits per heavy atom. The fourth-order valence-electron chi connectivity index (χ4n) is 2.87. The second kappa shape index (κ2) is 6.50. The van der Waals surface area contributed by atoms with Crippen molar-refractivity contribution < 1.29 is 9.53 Å². The van der Waals surface area contributed by atoms with Gasteiger partial charge in [-0.2, -0.15) is 0 Å². The summed E-state index contributed by atoms with van der Waals surface area (Å²) >= 11 is 6.13. The van der Waals surface area contributed by atoms with Crippen LogP contribution < -0.4 is 15.0 Å². The maximum Gasteiger partial charge on any atom is 0.249 e. The number of rotatable bonds is 4. The number of carbonyl (C=O) groups is 1. The van der Waals surface area contributed by atoms with Crippen LogP contribution in [0.3, 0.4) is 0 Å². The van der Waals surface area contributed by atoms with Gasteiger partial charge in [0.05, 0.1) is 12.1 Å². The molecule has 0 fully saturated rings. The number of methoxy groups -OCH3 is 1. The molecule has 5 heteroatoms. The van der Waals surface area contributed by atoms with E-state index in [0.29, 0.717) is 10.8 Å². The second-order valence-corrected chi connectivity index (χ2v) is 5.99. The van der Waals surface area contributed by atoms with E-state index in [0.717, 1.165) is 24.3 Å². The second-order valence-electron chi connectivity index (χ2n) is 5.58. The summed E-state index contributed by atoms with van der Waals surface area (Å²) in [6.07, 6.45) is 0.906. The van der Waals surface area contributed by atoms with Gasteiger partial charge in [-0.05, 0) is 43.2 Å². The van der Waals surface area contributed by atoms with Crippen LogP contribution in [-0.4, -0.2) is 25.6 Å². The largest absolute Gasteiger partial charge is 0.495 e. The molecule has 1 aliphatic rings. The molecule has 120 valence electrons. The van der Waals surface area contributed by atoms with E-state index in [2.05, 4.69) is 11.4 Å². The number of anilines is 2. The van der Waals surface area contributed by atoms with Crippen LogP contribution in [0.4, 0.5) is 11.4 Å². The van der Waals surface area contributed by atoms with Gasteiger partial charge in [0, 0.05) is 17.9 Å². The number of ether oxygens (including phenoxy) is 1. The molecule has 0 aromatic heterocycles. The Kier molecular flexibility index (Phi) is 4.44. The van der Waals surface area contributed by atoms with Crippen molar-refractivity contribution in [3.8, 4) is 5.75 Å². The van der Waals surface area contributed by atoms with E-state index in [-0.39, 0.29) is 11.9 Å². The molecule has 0 spiro atoms. The van der Waals surface area contributed by atoms with E-state index in [9.17, 15) is 4.79 Å². The number of benzene rings is 2. The van der Waals surface area contributed by atoms with Crippen molar-refractivity contribution in [2.24, 2.45) is 0 Å². The number of hydrogen-bond acceptors (Lipinski definition) is 3. The van der Waals surface area contributed by atoms with Gasteiger partial charge in [0.15, 0.2) is 0 Å². The summed E-state index contributed by atoms with van der Waals surface area (Å²) in [4.78, 5) is 14.6. The third-order valence-corrected chi connectivity index (χ3v) is 4.35. The minimum absolute atomic E-state index is 0.0573. The smallest absolute Gasteiger partial charge is 0.249 e. The summed E-state index contributed by atoms with van der Waals surface area (Å²) in [6.45, 7) is 2.59. The van der Waals surface area contributed by atoms with Crippen LogP contribution in [0.25, 0.3) is 0 Å². The topological polar surface area (TPSA) is 41.6 Å². The molecule has 1 atom stereocenters. The molecule has 3 rings (SSSR count). The molecule has 0 aliphatic carbocycles. The van der Waals surface area contributed by atoms with Crippen LogP contribution in [0.1, 0.15) is 12.5 Å². The molecule has 1 heterocycles. The number of halogens is 1. The first kappa shape index (κ1) is 15.7. The third-order valence-electron chi connectivity index (χ3n) is 4.06. The van der Waals surface area contributed by atoms with Crippen LogP contribution in [-0.2, 0) is 11.2 Å². The Morgan fingerprint density at radius 3 is 2.83 bits per heavy atom. The van der Waals surface area contributed by atoms with Crippen molar-refractivity contribution in [3.05, 3.63) is 53.1 Å². The zero-order valence-corrected chi connectivity index (χ0v) is 13.9. The standard InChI is InChI=1S/C18H19ClN2O2/c1-12(20-14-7-8-17(23-2)15(19)11-14)18(22)21-10-9-13-5-3-4-6-16(13)21/h3-8,11-12,20H,9-10H2,1-2H3/t12-/m1/s1. The Hall–Kier alpha value is -2.20. The fraction of sp³-hybridized carbons (Fsp3) is 0.278. The summed E-state index contributed by atoms with van der Waals surface area (Å²) in [5.41, 5.74) is 3.03. The highest BCUT2D eigenvalue weighted by atomic mass is 35.5. The Labute approximate surface area is 141 Å². The highest BCUT2D eigenvalue weighted by Gasteiger charge is 2.27. The molecule has 23 heavy (non-hydrogen) atoms. The lowest BCUT2D eigenvalue weighted by atomic mass is 10.2. The number of fused-ring (bicyclic) bond motifs is 1. The maximum absolute atomic E-state index is 12.7. The SMILES string of the molecule is COc1ccc(N[C@H](C)C(=O)N2CCc3ccccc32)cc1Cl. The Morgan fingerprint density at radius 1 is 1.30 bits per heavy atom. The predicted molar refractivity (Wildman–Crippen MR) is 93.6 cm³/mol. The number of carbonyl (C=O) groups excluding carboxylic acids is 1. The number of amides is 1. The molecular weight excluding hydrogens is 312 g/mol. The van der Waals surface area contributed by atoms with E-state index >= 15 is 0 Å². The zero-order valence-electron chi connectivity index (χ0n) is 13.2. The third kappa shape index (κ3) is 3.13. The van der Waals surface area contributed by atoms with Crippen LogP contribution in [0.2, 0.25) is 5.02 Å². The van der Waals surface area contributed by atoms with E-state index in [1.165, 1.54) is 5.56 Å². The predicted octanol–water partition coefficient (Wildman–Crippen LogP) is 3.74. The van der Waals surface area contributed by atoms with Crippen LogP contribution in [0, 0.1) is 0 Å². The molecule has 0 saturated heterocycles. The molecule has 1 aliphatic heterocycles. The molecule has 4 nitrogen and oxygen atoms in total. The van der Waals surface area contributed by atoms with Gasteiger partial charge in [0.1, 0.15) is 11.8 Å². The van der Waals surface area contributed by atoms with Crippen molar-refractivity contribution in [3.63, 3.8) is 0 Å². The summed E-state index contributed by atoms with van der Waals surface area (Å²) in [6, 6.07) is 13.1. The van der Waals surface area contributed by atoms with Gasteiger partial charge in [-0.15, -0.1) is 0 Å². The van der Waals surface area contributed by atoms with Gasteiger partial charge in [-0.3, -0.25) is 4.79 Å². The molecule has 0 radical (unpaired) electrons. The zero-order chi connectivity index (χ0) is 16.4. The number of nitrogens with zero attached hydrogens (tertiary/aromatic N) is 1. The van der Waals surface area contributed by atoms with Crippen LogP contribution >= 0.6 is 11.6 Å². The van der Waals surface area contributed by atoms with Gasteiger partial charge in [-0.25, -0.2) is 0 Å². The van der Waals surface area contributed by atoms with Crippen molar-refractivity contribution >= 4 is 28.9 Å². The lowest BCUT2D eigenvalue weighted by Gasteiger charge is -2.23. The van der Waals surface area contributed by atoms with Crippen molar-refractivity contribution in [2.75, 3.05) is 23.9 Å². The Balaban J connectivity index is 1.72. The summed E-state index contributed by atoms with van der Waals surface area (Å²) in [5, 5.41) is 3.73. The molecule has 1 amide bonds. The molecule has 0 bridgehead atoms. The normalized spacial score (nSPS) is 14.3. The van der Waals surface area contributed by atoms with Crippen molar-refractivity contribution in [1.29, 1.82) is 0 Å². The van der Waals surface area contributed by atoms with Crippen molar-refractivity contribution in [1.82, 2.24) is 0 Å². The lowest BCUT2D eigenvalue weighted by molar-refractivity contribution is -0.118. The van der Waals surface area contributed by atoms with Crippen LogP contribution in [0.5, 0.6) is 5.75 Å². The maximum atomic E-state index is 12.7. The molecule has 2 aromatic rings. The lowest BCUT2D eigenvalue weighted by Crippen LogP contribution is -2.40. The minimum Gasteiger partial charge on any atom is -0.495 e. The first-order valence-electron chi connectivity index (χ1n) is 7.59. The average Bonchev–Trinajstić information content (AvgIpc) is 2.98. The number of nitrogens with one attached hydrogen (secondary N) is 1. The molecular formula is C18H19ClN2O2. The molecule has 2 aromatic carbocycles. The quantitative estimate of drug-likeness (QED) is 0.928. The monoisotopic (exact) mass is 330 g/mol. The van der Waals surface area contributed by atoms with Gasteiger partial charge >= 0.3 is 0 Å². The van der Waals surface area contributed by atoms with Gasteiger partial charge in [0.2, 0.25) is 5.91 Å². The number of hydrogen-bond donors (Lipinski definition) is 1. The summed E-state index contributed by atoms with van der Waals surface area (Å²) < 4.78 is 5.14. The summed E-state index contributed by atoms with van der Waals surface area (Å²) in [7, 11) is 1.57. The fourth-order valence-corrected chi connectivity index (χ4v) is 3.13. The van der Waals surface area contributed by atoms with E-state index in [1.807, 2.05) is 36.1 Å². The average molecular weight is 331 g/mol. The summed E-state index contributed by atoms with van der Waals surface area (Å²) in [5.74, 6) is 0.673. The van der Waals surface area contributed by atoms with Crippen LogP contribution in [0.15, 0.2) is 42.5 Å². The van der Waals surface area contributed by atoms with Gasteiger partial charge in [-0.1, -0.05) is 29.8 Å². The first-order valence-corrected chi connectivity index (χ1v) is 7.97. The minimum atomic E-state index is -0.342. The van der Waals surface area contributed by atoms with Gasteiger partial charge < -0.3 is 15.0 Å². The molecule has 0 unspecified atom stereocenters. The van der Waals surface area contributed by atoms with E-state index in [1.54, 1.807) is 19.2 Å². The van der Waals surface area contributed by atoms with Crippen molar-refractivity contribution in [2.45, 2.75) is 19.4 Å². The van der Waals surface area contributed by atoms with E-state index in [4.69, 9.17) is 16.3 Å². The first-order chi connectivity index (χ1) is 11.1. The Bertz CT molecular complexity index is 733. The molecule has 0 saturated carbocycles.